The molecule has 0 saturated carbocycles. The first kappa shape index (κ1) is 15.9. The van der Waals surface area contributed by atoms with Crippen LogP contribution in [0.5, 0.6) is 0 Å². The minimum Gasteiger partial charge on any atom is -0.422 e. The van der Waals surface area contributed by atoms with Crippen LogP contribution in [0.1, 0.15) is 37.0 Å². The molecule has 1 aromatic carbocycles. The van der Waals surface area contributed by atoms with Gasteiger partial charge in [0.05, 0.1) is 0 Å². The summed E-state index contributed by atoms with van der Waals surface area (Å²) in [5.74, 6) is -1.11. The zero-order valence-electron chi connectivity index (χ0n) is 12.7. The molecule has 0 aliphatic rings. The number of nitrogens with zero attached hydrogens (tertiary/aromatic N) is 2. The average Bonchev–Trinajstić information content (AvgIpc) is 2.52. The van der Waals surface area contributed by atoms with Crippen molar-refractivity contribution in [3.63, 3.8) is 0 Å². The summed E-state index contributed by atoms with van der Waals surface area (Å²) >= 11 is 0. The summed E-state index contributed by atoms with van der Waals surface area (Å²) in [4.78, 5) is 35.6. The molecule has 0 bridgehead atoms. The van der Waals surface area contributed by atoms with E-state index in [1.807, 2.05) is 6.07 Å². The number of carbonyl (C=O) groups excluding carboxylic acids is 1. The molecule has 0 saturated heterocycles. The molecule has 0 atom stereocenters. The highest BCUT2D eigenvalue weighted by Gasteiger charge is 2.15. The van der Waals surface area contributed by atoms with Gasteiger partial charge in [0, 0.05) is 35.4 Å². The molecule has 0 aliphatic heterocycles. The van der Waals surface area contributed by atoms with Gasteiger partial charge in [-0.25, -0.2) is 4.79 Å². The fourth-order valence-corrected chi connectivity index (χ4v) is 2.40. The van der Waals surface area contributed by atoms with E-state index in [0.717, 1.165) is 31.6 Å². The number of carbonyl (C=O) groups is 1. The Morgan fingerprint density at radius 2 is 1.86 bits per heavy atom. The van der Waals surface area contributed by atoms with E-state index >= 15 is 0 Å². The van der Waals surface area contributed by atoms with Gasteiger partial charge in [-0.3, -0.25) is 4.79 Å². The SMILES string of the molecule is CCCN(CCC)c1ccc2cc(C(=O)N=O)c(=O)oc2c1. The average molecular weight is 302 g/mol. The second kappa shape index (κ2) is 6.98. The van der Waals surface area contributed by atoms with E-state index in [0.29, 0.717) is 11.0 Å². The number of hydrogen-bond acceptors (Lipinski definition) is 5. The fraction of sp³-hybridized carbons (Fsp3) is 0.375. The van der Waals surface area contributed by atoms with Crippen molar-refractivity contribution in [3.8, 4) is 0 Å². The lowest BCUT2D eigenvalue weighted by atomic mass is 10.1. The van der Waals surface area contributed by atoms with E-state index in [4.69, 9.17) is 4.42 Å². The van der Waals surface area contributed by atoms with Crippen LogP contribution in [-0.4, -0.2) is 19.0 Å². The summed E-state index contributed by atoms with van der Waals surface area (Å²) in [5.41, 5.74) is 0.176. The van der Waals surface area contributed by atoms with Gasteiger partial charge in [0.1, 0.15) is 11.1 Å². The largest absolute Gasteiger partial charge is 0.422 e. The number of amides is 1. The van der Waals surface area contributed by atoms with Crippen LogP contribution in [0.15, 0.2) is 38.7 Å². The highest BCUT2D eigenvalue weighted by Crippen LogP contribution is 2.22. The zero-order valence-corrected chi connectivity index (χ0v) is 12.7. The lowest BCUT2D eigenvalue weighted by molar-refractivity contribution is 0.0997. The Bertz CT molecular complexity index is 745. The Labute approximate surface area is 127 Å². The molecule has 2 aromatic rings. The molecule has 116 valence electrons. The van der Waals surface area contributed by atoms with Crippen LogP contribution in [-0.2, 0) is 0 Å². The molecule has 0 fully saturated rings. The molecule has 1 amide bonds. The third kappa shape index (κ3) is 3.21. The normalized spacial score (nSPS) is 10.6. The molecule has 0 aliphatic carbocycles. The molecule has 0 unspecified atom stereocenters. The highest BCUT2D eigenvalue weighted by atomic mass is 16.4. The number of hydrogen-bond donors (Lipinski definition) is 0. The third-order valence-corrected chi connectivity index (χ3v) is 3.39. The molecule has 6 heteroatoms. The summed E-state index contributed by atoms with van der Waals surface area (Å²) in [6.45, 7) is 6.03. The van der Waals surface area contributed by atoms with Gasteiger partial charge in [-0.15, -0.1) is 4.91 Å². The van der Waals surface area contributed by atoms with Crippen molar-refractivity contribution in [1.82, 2.24) is 0 Å². The number of nitroso groups, excluding NO2 is 1. The van der Waals surface area contributed by atoms with Crippen molar-refractivity contribution in [3.05, 3.63) is 45.2 Å². The van der Waals surface area contributed by atoms with E-state index in [1.165, 1.54) is 6.07 Å². The van der Waals surface area contributed by atoms with Gasteiger partial charge in [-0.1, -0.05) is 13.8 Å². The van der Waals surface area contributed by atoms with Gasteiger partial charge in [-0.05, 0) is 31.0 Å². The van der Waals surface area contributed by atoms with E-state index in [1.54, 1.807) is 12.1 Å². The van der Waals surface area contributed by atoms with E-state index < -0.39 is 11.5 Å². The van der Waals surface area contributed by atoms with Gasteiger partial charge in [0.25, 0.3) is 0 Å². The number of benzene rings is 1. The first-order valence-corrected chi connectivity index (χ1v) is 7.31. The summed E-state index contributed by atoms with van der Waals surface area (Å²) in [7, 11) is 0. The predicted molar refractivity (Wildman–Crippen MR) is 85.4 cm³/mol. The summed E-state index contributed by atoms with van der Waals surface area (Å²) < 4.78 is 5.16. The first-order valence-electron chi connectivity index (χ1n) is 7.31. The van der Waals surface area contributed by atoms with Crippen molar-refractivity contribution < 1.29 is 9.21 Å². The van der Waals surface area contributed by atoms with Crippen LogP contribution < -0.4 is 10.5 Å². The van der Waals surface area contributed by atoms with Gasteiger partial charge in [-0.2, -0.15) is 0 Å². The van der Waals surface area contributed by atoms with Crippen LogP contribution in [0.4, 0.5) is 5.69 Å². The van der Waals surface area contributed by atoms with Crippen molar-refractivity contribution in [1.29, 1.82) is 0 Å². The standard InChI is InChI=1S/C16H18N2O4/c1-3-7-18(8-4-2)12-6-5-11-9-13(15(19)17-21)16(20)22-14(11)10-12/h5-6,9-10H,3-4,7-8H2,1-2H3. The molecule has 6 nitrogen and oxygen atoms in total. The second-order valence-corrected chi connectivity index (χ2v) is 5.05. The monoisotopic (exact) mass is 302 g/mol. The Hall–Kier alpha value is -2.50. The molecule has 1 aromatic heterocycles. The molecule has 22 heavy (non-hydrogen) atoms. The molecule has 0 spiro atoms. The van der Waals surface area contributed by atoms with Crippen molar-refractivity contribution in [2.24, 2.45) is 5.18 Å². The molecule has 2 rings (SSSR count). The molecule has 0 radical (unpaired) electrons. The fourth-order valence-electron chi connectivity index (χ4n) is 2.40. The minimum absolute atomic E-state index is 0.339. The van der Waals surface area contributed by atoms with E-state index in [-0.39, 0.29) is 5.56 Å². The van der Waals surface area contributed by atoms with Crippen molar-refractivity contribution in [2.75, 3.05) is 18.0 Å². The van der Waals surface area contributed by atoms with Crippen LogP contribution in [0.3, 0.4) is 0 Å². The zero-order chi connectivity index (χ0) is 16.1. The van der Waals surface area contributed by atoms with Crippen LogP contribution in [0, 0.1) is 4.91 Å². The van der Waals surface area contributed by atoms with Gasteiger partial charge in [0.2, 0.25) is 0 Å². The predicted octanol–water partition coefficient (Wildman–Crippen LogP) is 3.33. The van der Waals surface area contributed by atoms with Crippen LogP contribution in [0.25, 0.3) is 11.0 Å². The van der Waals surface area contributed by atoms with Gasteiger partial charge in [0.15, 0.2) is 0 Å². The first-order chi connectivity index (χ1) is 10.6. The number of rotatable bonds is 6. The molecular formula is C16H18N2O4. The quantitative estimate of drug-likeness (QED) is 0.604. The molecule has 1 heterocycles. The van der Waals surface area contributed by atoms with Crippen LogP contribution in [0.2, 0.25) is 0 Å². The molecular weight excluding hydrogens is 284 g/mol. The summed E-state index contributed by atoms with van der Waals surface area (Å²) in [5, 5.41) is 2.85. The Balaban J connectivity index is 2.49. The smallest absolute Gasteiger partial charge is 0.349 e. The lowest BCUT2D eigenvalue weighted by Crippen LogP contribution is -2.24. The summed E-state index contributed by atoms with van der Waals surface area (Å²) in [6.07, 6.45) is 2.03. The van der Waals surface area contributed by atoms with E-state index in [2.05, 4.69) is 23.9 Å². The van der Waals surface area contributed by atoms with Gasteiger partial charge >= 0.3 is 11.5 Å². The van der Waals surface area contributed by atoms with E-state index in [9.17, 15) is 14.5 Å². The molecule has 0 N–H and O–H groups in total. The maximum atomic E-state index is 11.8. The Kier molecular flexibility index (Phi) is 5.04. The summed E-state index contributed by atoms with van der Waals surface area (Å²) in [6, 6.07) is 6.81. The van der Waals surface area contributed by atoms with Gasteiger partial charge < -0.3 is 9.32 Å². The minimum atomic E-state index is -1.11. The highest BCUT2D eigenvalue weighted by molar-refractivity contribution is 5.97. The lowest BCUT2D eigenvalue weighted by Gasteiger charge is -2.23. The number of anilines is 1. The Morgan fingerprint density at radius 3 is 2.45 bits per heavy atom. The number of fused-ring (bicyclic) bond motifs is 1. The van der Waals surface area contributed by atoms with Crippen molar-refractivity contribution in [2.45, 2.75) is 26.7 Å². The van der Waals surface area contributed by atoms with Crippen molar-refractivity contribution >= 4 is 22.6 Å². The van der Waals surface area contributed by atoms with Crippen LogP contribution >= 0.6 is 0 Å². The maximum absolute atomic E-state index is 11.8. The maximum Gasteiger partial charge on any atom is 0.349 e. The third-order valence-electron chi connectivity index (χ3n) is 3.39. The topological polar surface area (TPSA) is 80.0 Å². The Morgan fingerprint density at radius 1 is 1.18 bits per heavy atom. The second-order valence-electron chi connectivity index (χ2n) is 5.05.